The number of benzene rings is 2. The second-order valence-corrected chi connectivity index (χ2v) is 5.77. The third kappa shape index (κ3) is 5.73. The van der Waals surface area contributed by atoms with Crippen molar-refractivity contribution in [2.75, 3.05) is 5.32 Å². The molecule has 2 amide bonds. The molecular weight excluding hydrogens is 351 g/mol. The summed E-state index contributed by atoms with van der Waals surface area (Å²) in [5.74, 6) is -2.01. The number of rotatable bonds is 4. The van der Waals surface area contributed by atoms with Crippen LogP contribution in [0.3, 0.4) is 0 Å². The maximum Gasteiger partial charge on any atom is 0.446 e. The molecule has 2 N–H and O–H groups in total. The molecule has 0 aromatic heterocycles. The molecule has 0 bridgehead atoms. The highest BCUT2D eigenvalue weighted by molar-refractivity contribution is 8.00. The maximum atomic E-state index is 13.0. The van der Waals surface area contributed by atoms with Crippen LogP contribution < -0.4 is 10.6 Å². The van der Waals surface area contributed by atoms with E-state index in [0.29, 0.717) is 11.3 Å². The SMILES string of the molecule is O=C(NCc1ccc(F)c(F)c1)Nc1ccc(SC(F)(F)F)cc1. The van der Waals surface area contributed by atoms with Crippen LogP contribution in [0.15, 0.2) is 47.4 Å². The average molecular weight is 362 g/mol. The summed E-state index contributed by atoms with van der Waals surface area (Å²) < 4.78 is 62.4. The molecule has 0 aliphatic heterocycles. The molecule has 2 aromatic carbocycles. The first-order valence-corrected chi connectivity index (χ1v) is 7.39. The zero-order chi connectivity index (χ0) is 17.7. The van der Waals surface area contributed by atoms with Crippen LogP contribution in [0, 0.1) is 11.6 Å². The topological polar surface area (TPSA) is 41.1 Å². The number of thioether (sulfide) groups is 1. The zero-order valence-electron chi connectivity index (χ0n) is 12.0. The first kappa shape index (κ1) is 18.1. The first-order valence-electron chi connectivity index (χ1n) is 6.57. The summed E-state index contributed by atoms with van der Waals surface area (Å²) in [6.07, 6.45) is 0. The van der Waals surface area contributed by atoms with Crippen LogP contribution in [-0.2, 0) is 6.54 Å². The van der Waals surface area contributed by atoms with Crippen molar-refractivity contribution < 1.29 is 26.7 Å². The fraction of sp³-hybridized carbons (Fsp3) is 0.133. The largest absolute Gasteiger partial charge is 0.446 e. The average Bonchev–Trinajstić information content (AvgIpc) is 2.49. The lowest BCUT2D eigenvalue weighted by Gasteiger charge is -2.09. The Morgan fingerprint density at radius 2 is 1.67 bits per heavy atom. The van der Waals surface area contributed by atoms with E-state index in [1.165, 1.54) is 30.3 Å². The Labute approximate surface area is 138 Å². The molecule has 0 aliphatic rings. The molecule has 0 aliphatic carbocycles. The van der Waals surface area contributed by atoms with E-state index in [1.54, 1.807) is 0 Å². The summed E-state index contributed by atoms with van der Waals surface area (Å²) in [5.41, 5.74) is -3.72. The molecule has 0 unspecified atom stereocenters. The number of alkyl halides is 3. The summed E-state index contributed by atoms with van der Waals surface area (Å²) in [7, 11) is 0. The molecule has 0 saturated carbocycles. The standard InChI is InChI=1S/C15H11F5N2OS/c16-12-6-1-9(7-13(12)17)8-21-14(23)22-10-2-4-11(5-3-10)24-15(18,19)20/h1-7H,8H2,(H2,21,22,23). The third-order valence-electron chi connectivity index (χ3n) is 2.78. The van der Waals surface area contributed by atoms with Crippen molar-refractivity contribution in [1.82, 2.24) is 5.32 Å². The molecule has 0 spiro atoms. The van der Waals surface area contributed by atoms with Crippen molar-refractivity contribution in [2.45, 2.75) is 16.9 Å². The summed E-state index contributed by atoms with van der Waals surface area (Å²) in [6, 6.07) is 7.70. The van der Waals surface area contributed by atoms with Crippen molar-refractivity contribution >= 4 is 23.5 Å². The fourth-order valence-corrected chi connectivity index (χ4v) is 2.29. The van der Waals surface area contributed by atoms with E-state index in [0.717, 1.165) is 12.1 Å². The van der Waals surface area contributed by atoms with Gasteiger partial charge in [0.25, 0.3) is 0 Å². The Hall–Kier alpha value is -2.29. The molecule has 0 fully saturated rings. The van der Waals surface area contributed by atoms with Crippen molar-refractivity contribution in [3.8, 4) is 0 Å². The molecule has 0 saturated heterocycles. The lowest BCUT2D eigenvalue weighted by molar-refractivity contribution is -0.0328. The molecule has 3 nitrogen and oxygen atoms in total. The van der Waals surface area contributed by atoms with Gasteiger partial charge in [-0.2, -0.15) is 13.2 Å². The van der Waals surface area contributed by atoms with E-state index in [2.05, 4.69) is 10.6 Å². The molecule has 128 valence electrons. The number of hydrogen-bond donors (Lipinski definition) is 2. The van der Waals surface area contributed by atoms with E-state index in [1.807, 2.05) is 0 Å². The van der Waals surface area contributed by atoms with Gasteiger partial charge in [-0.3, -0.25) is 0 Å². The minimum Gasteiger partial charge on any atom is -0.334 e. The quantitative estimate of drug-likeness (QED) is 0.600. The van der Waals surface area contributed by atoms with Gasteiger partial charge in [0.2, 0.25) is 0 Å². The van der Waals surface area contributed by atoms with Crippen molar-refractivity contribution in [3.63, 3.8) is 0 Å². The van der Waals surface area contributed by atoms with Crippen molar-refractivity contribution in [3.05, 3.63) is 59.7 Å². The van der Waals surface area contributed by atoms with Gasteiger partial charge < -0.3 is 10.6 Å². The Morgan fingerprint density at radius 1 is 1.00 bits per heavy atom. The molecule has 0 radical (unpaired) electrons. The molecule has 0 atom stereocenters. The maximum absolute atomic E-state index is 13.0. The predicted molar refractivity (Wildman–Crippen MR) is 80.6 cm³/mol. The van der Waals surface area contributed by atoms with Gasteiger partial charge >= 0.3 is 11.5 Å². The van der Waals surface area contributed by atoms with E-state index < -0.39 is 23.2 Å². The van der Waals surface area contributed by atoms with Gasteiger partial charge in [-0.1, -0.05) is 6.07 Å². The molecule has 2 aromatic rings. The summed E-state index contributed by atoms with van der Waals surface area (Å²) in [5, 5.41) is 4.84. The first-order chi connectivity index (χ1) is 11.2. The second kappa shape index (κ2) is 7.52. The third-order valence-corrected chi connectivity index (χ3v) is 3.52. The number of nitrogens with one attached hydrogen (secondary N) is 2. The van der Waals surface area contributed by atoms with Gasteiger partial charge in [0.05, 0.1) is 0 Å². The smallest absolute Gasteiger partial charge is 0.334 e. The lowest BCUT2D eigenvalue weighted by Crippen LogP contribution is -2.28. The normalized spacial score (nSPS) is 11.2. The van der Waals surface area contributed by atoms with Gasteiger partial charge in [-0.05, 0) is 53.7 Å². The minimum atomic E-state index is -4.38. The Bertz CT molecular complexity index is 719. The van der Waals surface area contributed by atoms with Crippen LogP contribution in [0.5, 0.6) is 0 Å². The number of urea groups is 1. The number of carbonyl (C=O) groups is 1. The van der Waals surface area contributed by atoms with Gasteiger partial charge in [-0.15, -0.1) is 0 Å². The Balaban J connectivity index is 1.86. The number of halogens is 5. The Kier molecular flexibility index (Phi) is 5.66. The van der Waals surface area contributed by atoms with E-state index in [9.17, 15) is 26.7 Å². The van der Waals surface area contributed by atoms with Crippen LogP contribution >= 0.6 is 11.8 Å². The molecule has 2 rings (SSSR count). The van der Waals surface area contributed by atoms with Gasteiger partial charge in [0, 0.05) is 17.1 Å². The molecule has 9 heteroatoms. The monoisotopic (exact) mass is 362 g/mol. The van der Waals surface area contributed by atoms with E-state index in [4.69, 9.17) is 0 Å². The Morgan fingerprint density at radius 3 is 2.25 bits per heavy atom. The number of anilines is 1. The minimum absolute atomic E-state index is 0.00440. The van der Waals surface area contributed by atoms with Crippen LogP contribution in [0.2, 0.25) is 0 Å². The molecule has 24 heavy (non-hydrogen) atoms. The fourth-order valence-electron chi connectivity index (χ4n) is 1.75. The van der Waals surface area contributed by atoms with Crippen LogP contribution in [-0.4, -0.2) is 11.5 Å². The molecule has 0 heterocycles. The van der Waals surface area contributed by atoms with Crippen LogP contribution in [0.1, 0.15) is 5.56 Å². The highest BCUT2D eigenvalue weighted by Crippen LogP contribution is 2.36. The zero-order valence-corrected chi connectivity index (χ0v) is 12.8. The molecular formula is C15H11F5N2OS. The number of amides is 2. The highest BCUT2D eigenvalue weighted by atomic mass is 32.2. The van der Waals surface area contributed by atoms with Crippen LogP contribution in [0.25, 0.3) is 0 Å². The highest BCUT2D eigenvalue weighted by Gasteiger charge is 2.29. The van der Waals surface area contributed by atoms with Gasteiger partial charge in [0.1, 0.15) is 0 Å². The van der Waals surface area contributed by atoms with E-state index >= 15 is 0 Å². The summed E-state index contributed by atoms with van der Waals surface area (Å²) >= 11 is -0.256. The van der Waals surface area contributed by atoms with Crippen molar-refractivity contribution in [2.24, 2.45) is 0 Å². The lowest BCUT2D eigenvalue weighted by atomic mass is 10.2. The second-order valence-electron chi connectivity index (χ2n) is 4.63. The summed E-state index contributed by atoms with van der Waals surface area (Å²) in [4.78, 5) is 11.7. The van der Waals surface area contributed by atoms with Crippen LogP contribution in [0.4, 0.5) is 32.4 Å². The number of hydrogen-bond acceptors (Lipinski definition) is 2. The van der Waals surface area contributed by atoms with Gasteiger partial charge in [0.15, 0.2) is 11.6 Å². The van der Waals surface area contributed by atoms with Crippen molar-refractivity contribution in [1.29, 1.82) is 0 Å². The number of carbonyl (C=O) groups excluding carboxylic acids is 1. The predicted octanol–water partition coefficient (Wildman–Crippen LogP) is 4.90. The van der Waals surface area contributed by atoms with Gasteiger partial charge in [-0.25, -0.2) is 13.6 Å². The summed E-state index contributed by atoms with van der Waals surface area (Å²) in [6.45, 7) is -0.0367. The van der Waals surface area contributed by atoms with E-state index in [-0.39, 0.29) is 23.2 Å².